The predicted molar refractivity (Wildman–Crippen MR) is 80.9 cm³/mol. The topological polar surface area (TPSA) is 44.8 Å². The van der Waals surface area contributed by atoms with Crippen molar-refractivity contribution in [2.24, 2.45) is 0 Å². The van der Waals surface area contributed by atoms with Crippen molar-refractivity contribution < 1.29 is 19.0 Å². The summed E-state index contributed by atoms with van der Waals surface area (Å²) in [6.45, 7) is 7.54. The molecule has 0 spiro atoms. The number of carbonyl (C=O) groups is 1. The van der Waals surface area contributed by atoms with Gasteiger partial charge in [-0.25, -0.2) is 0 Å². The molecule has 1 fully saturated rings. The van der Waals surface area contributed by atoms with Gasteiger partial charge in [-0.3, -0.25) is 4.79 Å². The fourth-order valence-corrected chi connectivity index (χ4v) is 2.63. The molecule has 0 radical (unpaired) electrons. The number of Topliss-reactive ketones (excluding diaryl/α,β-unsaturated/α-hetero) is 1. The van der Waals surface area contributed by atoms with Crippen LogP contribution in [0.15, 0.2) is 24.3 Å². The highest BCUT2D eigenvalue weighted by Gasteiger charge is 2.41. The van der Waals surface area contributed by atoms with Gasteiger partial charge in [0.15, 0.2) is 5.78 Å². The summed E-state index contributed by atoms with van der Waals surface area (Å²) in [4.78, 5) is 12.8. The maximum Gasteiger partial charge on any atom is 0.194 e. The zero-order valence-corrected chi connectivity index (χ0v) is 13.1. The lowest BCUT2D eigenvalue weighted by Crippen LogP contribution is -2.46. The molecule has 0 saturated carbocycles. The van der Waals surface area contributed by atoms with Crippen LogP contribution in [0.5, 0.6) is 5.75 Å². The predicted octanol–water partition coefficient (Wildman–Crippen LogP) is 3.24. The summed E-state index contributed by atoms with van der Waals surface area (Å²) in [5.74, 6) is 0.822. The third-order valence-electron chi connectivity index (χ3n) is 3.62. The van der Waals surface area contributed by atoms with Crippen molar-refractivity contribution in [2.45, 2.75) is 45.3 Å². The summed E-state index contributed by atoms with van der Waals surface area (Å²) in [6.07, 6.45) is 1.35. The van der Waals surface area contributed by atoms with Crippen molar-refractivity contribution in [3.8, 4) is 5.75 Å². The van der Waals surface area contributed by atoms with Gasteiger partial charge in [0, 0.05) is 38.2 Å². The molecule has 1 heterocycles. The average Bonchev–Trinajstić information content (AvgIpc) is 2.48. The second-order valence-electron chi connectivity index (χ2n) is 5.56. The van der Waals surface area contributed by atoms with Gasteiger partial charge in [-0.1, -0.05) is 0 Å². The highest BCUT2D eigenvalue weighted by atomic mass is 16.5. The standard InChI is InChI=1S/C17H24O4/c1-4-20-17(9-11-19-12-10-17)16(18)14-5-7-15(8-6-14)21-13(2)3/h5-8,13H,4,9-12H2,1-3H3. The van der Waals surface area contributed by atoms with Crippen LogP contribution in [0.3, 0.4) is 0 Å². The maximum absolute atomic E-state index is 12.8. The number of ether oxygens (including phenoxy) is 3. The molecule has 1 saturated heterocycles. The summed E-state index contributed by atoms with van der Waals surface area (Å²) in [5.41, 5.74) is -0.0607. The van der Waals surface area contributed by atoms with E-state index < -0.39 is 5.60 Å². The minimum absolute atomic E-state index is 0.0451. The smallest absolute Gasteiger partial charge is 0.194 e. The van der Waals surface area contributed by atoms with Crippen molar-refractivity contribution in [3.63, 3.8) is 0 Å². The lowest BCUT2D eigenvalue weighted by Gasteiger charge is -2.35. The van der Waals surface area contributed by atoms with E-state index in [4.69, 9.17) is 14.2 Å². The van der Waals surface area contributed by atoms with Gasteiger partial charge in [0.2, 0.25) is 0 Å². The van der Waals surface area contributed by atoms with E-state index in [1.54, 1.807) is 0 Å². The SMILES string of the molecule is CCOC1(C(=O)c2ccc(OC(C)C)cc2)CCOCC1. The molecule has 0 bridgehead atoms. The Morgan fingerprint density at radius 1 is 1.24 bits per heavy atom. The van der Waals surface area contributed by atoms with Crippen molar-refractivity contribution in [1.29, 1.82) is 0 Å². The van der Waals surface area contributed by atoms with E-state index in [0.717, 1.165) is 5.75 Å². The number of carbonyl (C=O) groups excluding carboxylic acids is 1. The van der Waals surface area contributed by atoms with Crippen LogP contribution in [0.2, 0.25) is 0 Å². The highest BCUT2D eigenvalue weighted by Crippen LogP contribution is 2.30. The zero-order valence-electron chi connectivity index (χ0n) is 13.1. The molecule has 0 N–H and O–H groups in total. The number of ketones is 1. The van der Waals surface area contributed by atoms with Crippen LogP contribution in [0.25, 0.3) is 0 Å². The quantitative estimate of drug-likeness (QED) is 0.755. The van der Waals surface area contributed by atoms with Crippen LogP contribution >= 0.6 is 0 Å². The lowest BCUT2D eigenvalue weighted by atomic mass is 9.85. The molecule has 0 atom stereocenters. The van der Waals surface area contributed by atoms with Crippen LogP contribution in [0, 0.1) is 0 Å². The molecule has 21 heavy (non-hydrogen) atoms. The second-order valence-corrected chi connectivity index (χ2v) is 5.56. The Bertz CT molecular complexity index is 453. The molecule has 0 aromatic heterocycles. The van der Waals surface area contributed by atoms with E-state index in [9.17, 15) is 4.79 Å². The van der Waals surface area contributed by atoms with Gasteiger partial charge in [0.05, 0.1) is 6.10 Å². The van der Waals surface area contributed by atoms with Crippen LogP contribution in [-0.2, 0) is 9.47 Å². The maximum atomic E-state index is 12.8. The zero-order chi connectivity index (χ0) is 15.3. The Labute approximate surface area is 126 Å². The van der Waals surface area contributed by atoms with E-state index in [1.807, 2.05) is 45.0 Å². The van der Waals surface area contributed by atoms with Crippen molar-refractivity contribution in [3.05, 3.63) is 29.8 Å². The summed E-state index contributed by atoms with van der Waals surface area (Å²) in [7, 11) is 0. The van der Waals surface area contributed by atoms with Gasteiger partial charge >= 0.3 is 0 Å². The fourth-order valence-electron chi connectivity index (χ4n) is 2.63. The molecule has 4 nitrogen and oxygen atoms in total. The first-order valence-electron chi connectivity index (χ1n) is 7.60. The third kappa shape index (κ3) is 3.83. The highest BCUT2D eigenvalue weighted by molar-refractivity contribution is 6.02. The number of hydrogen-bond donors (Lipinski definition) is 0. The minimum Gasteiger partial charge on any atom is -0.491 e. The largest absolute Gasteiger partial charge is 0.491 e. The fraction of sp³-hybridized carbons (Fsp3) is 0.588. The third-order valence-corrected chi connectivity index (χ3v) is 3.62. The van der Waals surface area contributed by atoms with Crippen LogP contribution in [0.4, 0.5) is 0 Å². The van der Waals surface area contributed by atoms with Crippen LogP contribution < -0.4 is 4.74 Å². The Kier molecular flexibility index (Phi) is 5.37. The monoisotopic (exact) mass is 292 g/mol. The Morgan fingerprint density at radius 3 is 2.38 bits per heavy atom. The van der Waals surface area contributed by atoms with Gasteiger partial charge in [0.25, 0.3) is 0 Å². The number of benzene rings is 1. The molecule has 0 amide bonds. The summed E-state index contributed by atoms with van der Waals surface area (Å²) in [5, 5.41) is 0. The molecule has 1 aromatic carbocycles. The van der Waals surface area contributed by atoms with Gasteiger partial charge < -0.3 is 14.2 Å². The van der Waals surface area contributed by atoms with E-state index >= 15 is 0 Å². The number of rotatable bonds is 6. The van der Waals surface area contributed by atoms with Crippen molar-refractivity contribution >= 4 is 5.78 Å². The van der Waals surface area contributed by atoms with Crippen LogP contribution in [-0.4, -0.2) is 37.3 Å². The first kappa shape index (κ1) is 16.0. The van der Waals surface area contributed by atoms with Crippen molar-refractivity contribution in [2.75, 3.05) is 19.8 Å². The molecule has 0 aliphatic carbocycles. The van der Waals surface area contributed by atoms with Gasteiger partial charge in [-0.2, -0.15) is 0 Å². The van der Waals surface area contributed by atoms with Gasteiger partial charge in [-0.05, 0) is 45.0 Å². The normalized spacial score (nSPS) is 17.7. The van der Waals surface area contributed by atoms with Crippen LogP contribution in [0.1, 0.15) is 44.0 Å². The molecule has 0 unspecified atom stereocenters. The second kappa shape index (κ2) is 7.05. The first-order valence-corrected chi connectivity index (χ1v) is 7.60. The van der Waals surface area contributed by atoms with E-state index in [-0.39, 0.29) is 11.9 Å². The van der Waals surface area contributed by atoms with Crippen molar-refractivity contribution in [1.82, 2.24) is 0 Å². The summed E-state index contributed by atoms with van der Waals surface area (Å²) >= 11 is 0. The van der Waals surface area contributed by atoms with E-state index in [0.29, 0.717) is 38.2 Å². The van der Waals surface area contributed by atoms with Gasteiger partial charge in [-0.15, -0.1) is 0 Å². The number of hydrogen-bond acceptors (Lipinski definition) is 4. The minimum atomic E-state index is -0.729. The summed E-state index contributed by atoms with van der Waals surface area (Å²) in [6, 6.07) is 7.31. The molecule has 1 aromatic rings. The molecular weight excluding hydrogens is 268 g/mol. The van der Waals surface area contributed by atoms with Gasteiger partial charge in [0.1, 0.15) is 11.4 Å². The average molecular weight is 292 g/mol. The molecule has 1 aliphatic rings. The van der Waals surface area contributed by atoms with E-state index in [1.165, 1.54) is 0 Å². The Morgan fingerprint density at radius 2 is 1.86 bits per heavy atom. The molecule has 1 aliphatic heterocycles. The summed E-state index contributed by atoms with van der Waals surface area (Å²) < 4.78 is 16.8. The molecule has 116 valence electrons. The Hall–Kier alpha value is -1.39. The lowest BCUT2D eigenvalue weighted by molar-refractivity contribution is -0.0822. The first-order chi connectivity index (χ1) is 10.1. The molecule has 2 rings (SSSR count). The Balaban J connectivity index is 2.16. The molecule has 4 heteroatoms. The molecular formula is C17H24O4. The van der Waals surface area contributed by atoms with E-state index in [2.05, 4.69) is 0 Å².